The summed E-state index contributed by atoms with van der Waals surface area (Å²) in [5.74, 6) is 0.277. The Kier molecular flexibility index (Phi) is 5.36. The Bertz CT molecular complexity index is 218. The fourth-order valence-corrected chi connectivity index (χ4v) is 1.96. The van der Waals surface area contributed by atoms with Crippen LogP contribution in [0.1, 0.15) is 12.8 Å². The maximum absolute atomic E-state index is 11.7. The lowest BCUT2D eigenvalue weighted by atomic mass is 9.97. The Labute approximate surface area is 91.5 Å². The standard InChI is InChI=1S/C11H21N3O/c1-2-7-14-8-3-4-10(9-14)11(15)13-6-5-12/h2,10H,1,3-9,12H2,(H,13,15). The van der Waals surface area contributed by atoms with E-state index in [1.807, 2.05) is 6.08 Å². The summed E-state index contributed by atoms with van der Waals surface area (Å²) in [7, 11) is 0. The first kappa shape index (κ1) is 12.2. The van der Waals surface area contributed by atoms with E-state index in [2.05, 4.69) is 16.8 Å². The summed E-state index contributed by atoms with van der Waals surface area (Å²) in [6.07, 6.45) is 3.97. The molecule has 1 amide bonds. The van der Waals surface area contributed by atoms with Crippen molar-refractivity contribution in [3.8, 4) is 0 Å². The van der Waals surface area contributed by atoms with Gasteiger partial charge in [-0.1, -0.05) is 6.08 Å². The lowest BCUT2D eigenvalue weighted by Gasteiger charge is -2.31. The minimum Gasteiger partial charge on any atom is -0.355 e. The average Bonchev–Trinajstić information content (AvgIpc) is 2.27. The Balaban J connectivity index is 2.34. The maximum Gasteiger partial charge on any atom is 0.224 e. The molecule has 0 aliphatic carbocycles. The third-order valence-electron chi connectivity index (χ3n) is 2.71. The highest BCUT2D eigenvalue weighted by molar-refractivity contribution is 5.78. The van der Waals surface area contributed by atoms with Gasteiger partial charge in [0, 0.05) is 26.2 Å². The van der Waals surface area contributed by atoms with Crippen LogP contribution in [-0.4, -0.2) is 43.5 Å². The number of piperidine rings is 1. The number of likely N-dealkylation sites (tertiary alicyclic amines) is 1. The van der Waals surface area contributed by atoms with Crippen LogP contribution >= 0.6 is 0 Å². The molecule has 1 heterocycles. The summed E-state index contributed by atoms with van der Waals surface area (Å²) in [4.78, 5) is 14.0. The molecule has 1 fully saturated rings. The fraction of sp³-hybridized carbons (Fsp3) is 0.727. The number of hydrogen-bond donors (Lipinski definition) is 2. The van der Waals surface area contributed by atoms with Crippen LogP contribution in [0.4, 0.5) is 0 Å². The van der Waals surface area contributed by atoms with E-state index in [0.717, 1.165) is 32.5 Å². The van der Waals surface area contributed by atoms with Gasteiger partial charge < -0.3 is 11.1 Å². The molecule has 4 nitrogen and oxygen atoms in total. The van der Waals surface area contributed by atoms with Crippen LogP contribution in [0, 0.1) is 5.92 Å². The molecule has 1 aliphatic rings. The Hall–Kier alpha value is -0.870. The lowest BCUT2D eigenvalue weighted by molar-refractivity contribution is -0.126. The predicted octanol–water partition coefficient (Wildman–Crippen LogP) is -0.0407. The highest BCUT2D eigenvalue weighted by Crippen LogP contribution is 2.16. The summed E-state index contributed by atoms with van der Waals surface area (Å²) in [6.45, 7) is 7.61. The van der Waals surface area contributed by atoms with E-state index >= 15 is 0 Å². The predicted molar refractivity (Wildman–Crippen MR) is 61.4 cm³/mol. The topological polar surface area (TPSA) is 58.4 Å². The van der Waals surface area contributed by atoms with Crippen molar-refractivity contribution in [2.45, 2.75) is 12.8 Å². The molecular formula is C11H21N3O. The molecule has 1 aliphatic heterocycles. The van der Waals surface area contributed by atoms with Crippen LogP contribution in [0.2, 0.25) is 0 Å². The molecule has 0 aromatic carbocycles. The number of carbonyl (C=O) groups is 1. The van der Waals surface area contributed by atoms with Crippen molar-refractivity contribution >= 4 is 5.91 Å². The second-order valence-electron chi connectivity index (χ2n) is 3.97. The molecule has 0 aromatic heterocycles. The first-order valence-corrected chi connectivity index (χ1v) is 5.59. The van der Waals surface area contributed by atoms with Gasteiger partial charge in [0.05, 0.1) is 5.92 Å². The SMILES string of the molecule is C=CCN1CCCC(C(=O)NCCN)C1. The van der Waals surface area contributed by atoms with Gasteiger partial charge in [-0.15, -0.1) is 6.58 Å². The van der Waals surface area contributed by atoms with Crippen molar-refractivity contribution < 1.29 is 4.79 Å². The monoisotopic (exact) mass is 211 g/mol. The van der Waals surface area contributed by atoms with Crippen molar-refractivity contribution in [3.05, 3.63) is 12.7 Å². The summed E-state index contributed by atoms with van der Waals surface area (Å²) < 4.78 is 0. The summed E-state index contributed by atoms with van der Waals surface area (Å²) in [5.41, 5.74) is 5.34. The Morgan fingerprint density at radius 2 is 2.47 bits per heavy atom. The van der Waals surface area contributed by atoms with E-state index in [4.69, 9.17) is 5.73 Å². The van der Waals surface area contributed by atoms with Crippen molar-refractivity contribution in [1.29, 1.82) is 0 Å². The van der Waals surface area contributed by atoms with Crippen LogP contribution in [0.15, 0.2) is 12.7 Å². The molecule has 15 heavy (non-hydrogen) atoms. The molecule has 1 atom stereocenters. The largest absolute Gasteiger partial charge is 0.355 e. The first-order chi connectivity index (χ1) is 7.27. The third-order valence-corrected chi connectivity index (χ3v) is 2.71. The van der Waals surface area contributed by atoms with Crippen molar-refractivity contribution in [2.24, 2.45) is 11.7 Å². The van der Waals surface area contributed by atoms with Crippen LogP contribution in [0.25, 0.3) is 0 Å². The molecule has 0 radical (unpaired) electrons. The first-order valence-electron chi connectivity index (χ1n) is 5.59. The van der Waals surface area contributed by atoms with E-state index in [9.17, 15) is 4.79 Å². The lowest BCUT2D eigenvalue weighted by Crippen LogP contribution is -2.44. The number of nitrogens with one attached hydrogen (secondary N) is 1. The van der Waals surface area contributed by atoms with Gasteiger partial charge in [-0.25, -0.2) is 0 Å². The van der Waals surface area contributed by atoms with E-state index in [-0.39, 0.29) is 11.8 Å². The third kappa shape index (κ3) is 4.01. The minimum absolute atomic E-state index is 0.130. The number of nitrogens with zero attached hydrogens (tertiary/aromatic N) is 1. The van der Waals surface area contributed by atoms with Gasteiger partial charge in [0.15, 0.2) is 0 Å². The average molecular weight is 211 g/mol. The van der Waals surface area contributed by atoms with E-state index in [0.29, 0.717) is 13.1 Å². The van der Waals surface area contributed by atoms with Gasteiger partial charge in [0.1, 0.15) is 0 Å². The van der Waals surface area contributed by atoms with Gasteiger partial charge in [-0.3, -0.25) is 9.69 Å². The minimum atomic E-state index is 0.130. The molecule has 1 rings (SSSR count). The van der Waals surface area contributed by atoms with E-state index < -0.39 is 0 Å². The number of hydrogen-bond acceptors (Lipinski definition) is 3. The zero-order valence-corrected chi connectivity index (χ0v) is 9.24. The second kappa shape index (κ2) is 6.58. The molecule has 3 N–H and O–H groups in total. The van der Waals surface area contributed by atoms with Gasteiger partial charge >= 0.3 is 0 Å². The smallest absolute Gasteiger partial charge is 0.224 e. The highest BCUT2D eigenvalue weighted by atomic mass is 16.1. The van der Waals surface area contributed by atoms with Gasteiger partial charge in [0.2, 0.25) is 5.91 Å². The molecule has 4 heteroatoms. The summed E-state index contributed by atoms with van der Waals surface area (Å²) in [6, 6.07) is 0. The second-order valence-corrected chi connectivity index (χ2v) is 3.97. The van der Waals surface area contributed by atoms with Gasteiger partial charge in [-0.05, 0) is 19.4 Å². The van der Waals surface area contributed by atoms with Crippen LogP contribution in [0.5, 0.6) is 0 Å². The number of carbonyl (C=O) groups excluding carboxylic acids is 1. The van der Waals surface area contributed by atoms with Crippen molar-refractivity contribution in [3.63, 3.8) is 0 Å². The number of amides is 1. The van der Waals surface area contributed by atoms with Crippen molar-refractivity contribution in [1.82, 2.24) is 10.2 Å². The highest BCUT2D eigenvalue weighted by Gasteiger charge is 2.24. The maximum atomic E-state index is 11.7. The van der Waals surface area contributed by atoms with E-state index in [1.54, 1.807) is 0 Å². The van der Waals surface area contributed by atoms with E-state index in [1.165, 1.54) is 0 Å². The molecule has 0 bridgehead atoms. The van der Waals surface area contributed by atoms with Crippen LogP contribution < -0.4 is 11.1 Å². The molecule has 86 valence electrons. The molecule has 1 saturated heterocycles. The zero-order chi connectivity index (χ0) is 11.1. The zero-order valence-electron chi connectivity index (χ0n) is 9.24. The van der Waals surface area contributed by atoms with Crippen molar-refractivity contribution in [2.75, 3.05) is 32.7 Å². The van der Waals surface area contributed by atoms with Gasteiger partial charge in [0.25, 0.3) is 0 Å². The summed E-state index contributed by atoms with van der Waals surface area (Å²) >= 11 is 0. The fourth-order valence-electron chi connectivity index (χ4n) is 1.96. The number of nitrogens with two attached hydrogens (primary N) is 1. The molecule has 0 aromatic rings. The summed E-state index contributed by atoms with van der Waals surface area (Å²) in [5, 5.41) is 2.85. The molecule has 1 unspecified atom stereocenters. The normalized spacial score (nSPS) is 22.3. The van der Waals surface area contributed by atoms with Crippen LogP contribution in [0.3, 0.4) is 0 Å². The van der Waals surface area contributed by atoms with Crippen LogP contribution in [-0.2, 0) is 4.79 Å². The molecular weight excluding hydrogens is 190 g/mol. The molecule has 0 spiro atoms. The quantitative estimate of drug-likeness (QED) is 0.627. The number of rotatable bonds is 5. The van der Waals surface area contributed by atoms with Gasteiger partial charge in [-0.2, -0.15) is 0 Å². The Morgan fingerprint density at radius 3 is 3.13 bits per heavy atom. The Morgan fingerprint density at radius 1 is 1.67 bits per heavy atom. The molecule has 0 saturated carbocycles.